The Kier molecular flexibility index (Phi) is 9.28. The van der Waals surface area contributed by atoms with E-state index in [0.717, 1.165) is 11.1 Å². The summed E-state index contributed by atoms with van der Waals surface area (Å²) in [5, 5.41) is 3.06. The Morgan fingerprint density at radius 3 is 2.46 bits per heavy atom. The smallest absolute Gasteiger partial charge is 0.227 e. The van der Waals surface area contributed by atoms with Crippen LogP contribution in [0, 0.1) is 11.8 Å². The summed E-state index contributed by atoms with van der Waals surface area (Å²) in [6.07, 6.45) is 1.58. The summed E-state index contributed by atoms with van der Waals surface area (Å²) >= 11 is 0. The molecule has 0 aromatic heterocycles. The molecule has 2 saturated heterocycles. The van der Waals surface area contributed by atoms with Crippen molar-refractivity contribution in [1.82, 2.24) is 15.1 Å². The van der Waals surface area contributed by atoms with Gasteiger partial charge in [-0.25, -0.2) is 0 Å². The molecule has 0 radical (unpaired) electrons. The summed E-state index contributed by atoms with van der Waals surface area (Å²) in [5.41, 5.74) is 1.71. The van der Waals surface area contributed by atoms with Gasteiger partial charge in [0.05, 0.1) is 33.1 Å². The molecule has 0 spiro atoms. The highest BCUT2D eigenvalue weighted by Gasteiger charge is 2.41. The Hall–Kier alpha value is -3.79. The molecule has 2 fully saturated rings. The first kappa shape index (κ1) is 28.7. The Balaban J connectivity index is 1.37. The highest BCUT2D eigenvalue weighted by Crippen LogP contribution is 2.38. The van der Waals surface area contributed by atoms with E-state index in [1.807, 2.05) is 42.5 Å². The monoisotopic (exact) mass is 565 g/mol. The minimum atomic E-state index is -0.446. The second kappa shape index (κ2) is 13.2. The van der Waals surface area contributed by atoms with Crippen molar-refractivity contribution < 1.29 is 33.3 Å². The van der Waals surface area contributed by atoms with Gasteiger partial charge in [-0.2, -0.15) is 0 Å². The number of ether oxygens (including phenoxy) is 4. The number of fused-ring (bicyclic) bond motifs is 4. The minimum Gasteiger partial charge on any atom is -0.496 e. The van der Waals surface area contributed by atoms with E-state index in [2.05, 4.69) is 5.32 Å². The topological polar surface area (TPSA) is 107 Å². The summed E-state index contributed by atoms with van der Waals surface area (Å²) < 4.78 is 22.6. The molecule has 41 heavy (non-hydrogen) atoms. The number of benzene rings is 2. The van der Waals surface area contributed by atoms with Gasteiger partial charge in [0.1, 0.15) is 12.4 Å². The van der Waals surface area contributed by atoms with Crippen LogP contribution in [0.4, 0.5) is 0 Å². The number of rotatable bonds is 5. The molecule has 10 heteroatoms. The Bertz CT molecular complexity index is 1250. The normalized spacial score (nSPS) is 21.9. The fourth-order valence-electron chi connectivity index (χ4n) is 6.02. The first-order valence-electron chi connectivity index (χ1n) is 14.3. The van der Waals surface area contributed by atoms with Gasteiger partial charge in [0.15, 0.2) is 11.5 Å². The number of carbonyl (C=O) groups excluding carboxylic acids is 3. The van der Waals surface area contributed by atoms with Gasteiger partial charge >= 0.3 is 0 Å². The minimum absolute atomic E-state index is 0.0610. The number of nitrogens with one attached hydrogen (secondary N) is 1. The number of methoxy groups -OCH3 is 2. The zero-order chi connectivity index (χ0) is 28.8. The lowest BCUT2D eigenvalue weighted by Gasteiger charge is -2.29. The Morgan fingerprint density at radius 2 is 1.68 bits per heavy atom. The molecule has 5 rings (SSSR count). The molecular formula is C31H39N3O7. The van der Waals surface area contributed by atoms with Crippen LogP contribution in [-0.4, -0.2) is 94.3 Å². The van der Waals surface area contributed by atoms with Crippen LogP contribution in [0.2, 0.25) is 0 Å². The van der Waals surface area contributed by atoms with Gasteiger partial charge in [-0.15, -0.1) is 0 Å². The van der Waals surface area contributed by atoms with E-state index >= 15 is 0 Å². The Morgan fingerprint density at radius 1 is 0.927 bits per heavy atom. The van der Waals surface area contributed by atoms with Crippen molar-refractivity contribution >= 4 is 17.7 Å². The number of hydrogen-bond donors (Lipinski definition) is 1. The fourth-order valence-corrected chi connectivity index (χ4v) is 6.02. The van der Waals surface area contributed by atoms with Crippen LogP contribution < -0.4 is 19.5 Å². The molecule has 10 nitrogen and oxygen atoms in total. The second-order valence-electron chi connectivity index (χ2n) is 10.8. The van der Waals surface area contributed by atoms with E-state index in [0.29, 0.717) is 82.6 Å². The van der Waals surface area contributed by atoms with Crippen molar-refractivity contribution in [2.45, 2.75) is 25.2 Å². The molecule has 3 aliphatic heterocycles. The van der Waals surface area contributed by atoms with Crippen LogP contribution in [0.1, 0.15) is 29.9 Å². The van der Waals surface area contributed by atoms with Gasteiger partial charge in [0.2, 0.25) is 17.7 Å². The second-order valence-corrected chi connectivity index (χ2v) is 10.8. The maximum atomic E-state index is 13.6. The molecule has 3 amide bonds. The quantitative estimate of drug-likeness (QED) is 0.593. The third-order valence-electron chi connectivity index (χ3n) is 8.34. The van der Waals surface area contributed by atoms with Crippen molar-refractivity contribution in [3.63, 3.8) is 0 Å². The predicted molar refractivity (Wildman–Crippen MR) is 151 cm³/mol. The average molecular weight is 566 g/mol. The lowest BCUT2D eigenvalue weighted by Crippen LogP contribution is -2.45. The van der Waals surface area contributed by atoms with Crippen LogP contribution in [0.15, 0.2) is 42.5 Å². The molecule has 3 aliphatic rings. The van der Waals surface area contributed by atoms with Gasteiger partial charge in [-0.1, -0.05) is 24.3 Å². The lowest BCUT2D eigenvalue weighted by atomic mass is 9.88. The van der Waals surface area contributed by atoms with E-state index in [1.54, 1.807) is 24.0 Å². The third kappa shape index (κ3) is 6.59. The van der Waals surface area contributed by atoms with Crippen molar-refractivity contribution in [1.29, 1.82) is 0 Å². The van der Waals surface area contributed by atoms with E-state index in [9.17, 15) is 14.4 Å². The first-order chi connectivity index (χ1) is 20.0. The lowest BCUT2D eigenvalue weighted by molar-refractivity contribution is -0.139. The largest absolute Gasteiger partial charge is 0.496 e. The maximum absolute atomic E-state index is 13.6. The van der Waals surface area contributed by atoms with Crippen LogP contribution in [0.25, 0.3) is 0 Å². The predicted octanol–water partition coefficient (Wildman–Crippen LogP) is 2.25. The number of amides is 3. The van der Waals surface area contributed by atoms with Crippen molar-refractivity contribution in [2.75, 3.05) is 66.8 Å². The van der Waals surface area contributed by atoms with Crippen LogP contribution in [0.5, 0.6) is 17.2 Å². The van der Waals surface area contributed by atoms with E-state index in [1.165, 1.54) is 0 Å². The SMILES string of the molecule is COc1ccccc1CC(=O)N1C[C@@H]2C(=O)NCCN(C(=O)C3CCOCC3)CCOc3cc(ccc3OC)[C@H]2C1. The number of carbonyl (C=O) groups is 3. The molecule has 3 heterocycles. The van der Waals surface area contributed by atoms with Crippen molar-refractivity contribution in [3.8, 4) is 17.2 Å². The zero-order valence-electron chi connectivity index (χ0n) is 23.8. The van der Waals surface area contributed by atoms with Gasteiger partial charge < -0.3 is 34.1 Å². The van der Waals surface area contributed by atoms with Gasteiger partial charge in [0, 0.05) is 56.8 Å². The maximum Gasteiger partial charge on any atom is 0.227 e. The molecule has 2 aromatic rings. The summed E-state index contributed by atoms with van der Waals surface area (Å²) in [4.78, 5) is 43.9. The number of hydrogen-bond acceptors (Lipinski definition) is 7. The highest BCUT2D eigenvalue weighted by atomic mass is 16.5. The molecule has 0 saturated carbocycles. The van der Waals surface area contributed by atoms with Crippen LogP contribution in [0.3, 0.4) is 0 Å². The fraction of sp³-hybridized carbons (Fsp3) is 0.516. The number of nitrogens with zero attached hydrogens (tertiary/aromatic N) is 2. The van der Waals surface area contributed by atoms with Crippen molar-refractivity contribution in [3.05, 3.63) is 53.6 Å². The standard InChI is InChI=1S/C31H39N3O7/c1-38-26-6-4-3-5-23(26)18-29(35)34-19-24-22-7-8-27(39-2)28(17-22)41-16-13-33(12-11-32-30(36)25(24)20-34)31(37)21-9-14-40-15-10-21/h3-8,17,21,24-25H,9-16,18-20H2,1-2H3,(H,32,36)/t24-,25+/m1/s1. The molecular weight excluding hydrogens is 526 g/mol. The van der Waals surface area contributed by atoms with E-state index in [4.69, 9.17) is 18.9 Å². The summed E-state index contributed by atoms with van der Waals surface area (Å²) in [7, 11) is 3.17. The summed E-state index contributed by atoms with van der Waals surface area (Å²) in [5.74, 6) is 0.923. The van der Waals surface area contributed by atoms with Crippen LogP contribution >= 0.6 is 0 Å². The molecule has 0 unspecified atom stereocenters. The van der Waals surface area contributed by atoms with E-state index in [-0.39, 0.29) is 36.0 Å². The average Bonchev–Trinajstić information content (AvgIpc) is 3.46. The number of para-hydroxylation sites is 1. The summed E-state index contributed by atoms with van der Waals surface area (Å²) in [6, 6.07) is 13.1. The van der Waals surface area contributed by atoms with E-state index < -0.39 is 5.92 Å². The molecule has 0 aliphatic carbocycles. The van der Waals surface area contributed by atoms with Crippen molar-refractivity contribution in [2.24, 2.45) is 11.8 Å². The summed E-state index contributed by atoms with van der Waals surface area (Å²) in [6.45, 7) is 3.27. The zero-order valence-corrected chi connectivity index (χ0v) is 23.8. The van der Waals surface area contributed by atoms with Crippen LogP contribution in [-0.2, 0) is 25.5 Å². The molecule has 220 valence electrons. The van der Waals surface area contributed by atoms with Gasteiger partial charge in [0.25, 0.3) is 0 Å². The first-order valence-corrected chi connectivity index (χ1v) is 14.3. The highest BCUT2D eigenvalue weighted by molar-refractivity contribution is 5.85. The molecule has 2 bridgehead atoms. The Labute approximate surface area is 240 Å². The molecule has 2 atom stereocenters. The van der Waals surface area contributed by atoms with Gasteiger partial charge in [-0.3, -0.25) is 14.4 Å². The van der Waals surface area contributed by atoms with Gasteiger partial charge in [-0.05, 0) is 36.6 Å². The number of likely N-dealkylation sites (tertiary alicyclic amines) is 1. The third-order valence-corrected chi connectivity index (χ3v) is 8.34. The molecule has 2 aromatic carbocycles. The molecule has 1 N–H and O–H groups in total.